The molecule has 0 aliphatic carbocycles. The molecular formula is C17H23NOS. The van der Waals surface area contributed by atoms with Gasteiger partial charge in [0.15, 0.2) is 0 Å². The smallest absolute Gasteiger partial charge is 0.119 e. The number of aryl methyl sites for hydroxylation is 2. The Kier molecular flexibility index (Phi) is 4.84. The van der Waals surface area contributed by atoms with Crippen molar-refractivity contribution in [1.29, 1.82) is 0 Å². The minimum Gasteiger partial charge on any atom is -0.497 e. The van der Waals surface area contributed by atoms with Crippen molar-refractivity contribution in [3.63, 3.8) is 0 Å². The second-order valence-corrected chi connectivity index (χ2v) is 6.72. The van der Waals surface area contributed by atoms with E-state index in [4.69, 9.17) is 4.74 Å². The maximum atomic E-state index is 5.29. The highest BCUT2D eigenvalue weighted by Crippen LogP contribution is 2.28. The SMILES string of the molecule is COc1cccc([C@H](C)NC(C)c2cc(C)sc2C)c1. The summed E-state index contributed by atoms with van der Waals surface area (Å²) in [5.41, 5.74) is 2.66. The van der Waals surface area contributed by atoms with Crippen molar-refractivity contribution in [3.05, 3.63) is 51.2 Å². The van der Waals surface area contributed by atoms with Crippen LogP contribution in [-0.2, 0) is 0 Å². The number of ether oxygens (including phenoxy) is 1. The van der Waals surface area contributed by atoms with Crippen LogP contribution >= 0.6 is 11.3 Å². The van der Waals surface area contributed by atoms with Crippen LogP contribution in [0, 0.1) is 13.8 Å². The minimum absolute atomic E-state index is 0.291. The normalized spacial score (nSPS) is 14.1. The number of methoxy groups -OCH3 is 1. The van der Waals surface area contributed by atoms with Crippen LogP contribution in [0.5, 0.6) is 5.75 Å². The number of hydrogen-bond donors (Lipinski definition) is 1. The van der Waals surface area contributed by atoms with E-state index in [0.29, 0.717) is 12.1 Å². The van der Waals surface area contributed by atoms with Gasteiger partial charge in [0.1, 0.15) is 5.75 Å². The largest absolute Gasteiger partial charge is 0.497 e. The first-order chi connectivity index (χ1) is 9.51. The second kappa shape index (κ2) is 6.42. The Morgan fingerprint density at radius 3 is 2.45 bits per heavy atom. The summed E-state index contributed by atoms with van der Waals surface area (Å²) in [7, 11) is 1.71. The molecular weight excluding hydrogens is 266 g/mol. The standard InChI is InChI=1S/C17H23NOS/c1-11-9-17(14(4)20-11)13(3)18-12(2)15-7-6-8-16(10-15)19-5/h6-10,12-13,18H,1-5H3/t12-,13?/m0/s1. The molecule has 0 aliphatic rings. The summed E-state index contributed by atoms with van der Waals surface area (Å²) in [6, 6.07) is 11.2. The van der Waals surface area contributed by atoms with Crippen molar-refractivity contribution in [2.24, 2.45) is 0 Å². The molecule has 1 aromatic carbocycles. The van der Waals surface area contributed by atoms with Crippen molar-refractivity contribution >= 4 is 11.3 Å². The Bertz CT molecular complexity index is 576. The summed E-state index contributed by atoms with van der Waals surface area (Å²) >= 11 is 1.87. The van der Waals surface area contributed by atoms with Gasteiger partial charge < -0.3 is 10.1 Å². The number of nitrogens with one attached hydrogen (secondary N) is 1. The van der Waals surface area contributed by atoms with Gasteiger partial charge >= 0.3 is 0 Å². The van der Waals surface area contributed by atoms with Crippen LogP contribution < -0.4 is 10.1 Å². The highest BCUT2D eigenvalue weighted by molar-refractivity contribution is 7.12. The molecule has 2 atom stereocenters. The van der Waals surface area contributed by atoms with Crippen LogP contribution in [0.3, 0.4) is 0 Å². The molecule has 2 rings (SSSR count). The Morgan fingerprint density at radius 1 is 1.10 bits per heavy atom. The fourth-order valence-electron chi connectivity index (χ4n) is 2.55. The Morgan fingerprint density at radius 2 is 1.85 bits per heavy atom. The molecule has 1 unspecified atom stereocenters. The second-order valence-electron chi connectivity index (χ2n) is 5.26. The first kappa shape index (κ1) is 15.1. The topological polar surface area (TPSA) is 21.3 Å². The summed E-state index contributed by atoms with van der Waals surface area (Å²) < 4.78 is 5.29. The molecule has 1 N–H and O–H groups in total. The maximum absolute atomic E-state index is 5.29. The van der Waals surface area contributed by atoms with E-state index >= 15 is 0 Å². The molecule has 0 bridgehead atoms. The van der Waals surface area contributed by atoms with Crippen molar-refractivity contribution in [3.8, 4) is 5.75 Å². The minimum atomic E-state index is 0.291. The molecule has 108 valence electrons. The van der Waals surface area contributed by atoms with E-state index in [9.17, 15) is 0 Å². The van der Waals surface area contributed by atoms with Gasteiger partial charge in [0.2, 0.25) is 0 Å². The maximum Gasteiger partial charge on any atom is 0.119 e. The Hall–Kier alpha value is -1.32. The lowest BCUT2D eigenvalue weighted by Gasteiger charge is -2.21. The predicted molar refractivity (Wildman–Crippen MR) is 86.8 cm³/mol. The Labute approximate surface area is 125 Å². The number of rotatable bonds is 5. The third kappa shape index (κ3) is 3.41. The molecule has 2 nitrogen and oxygen atoms in total. The number of thiophene rings is 1. The van der Waals surface area contributed by atoms with E-state index < -0.39 is 0 Å². The third-order valence-electron chi connectivity index (χ3n) is 3.64. The summed E-state index contributed by atoms with van der Waals surface area (Å²) in [6.45, 7) is 8.78. The molecule has 0 radical (unpaired) electrons. The lowest BCUT2D eigenvalue weighted by atomic mass is 10.0. The van der Waals surface area contributed by atoms with E-state index in [1.165, 1.54) is 20.9 Å². The van der Waals surface area contributed by atoms with Gasteiger partial charge in [-0.15, -0.1) is 11.3 Å². The third-order valence-corrected chi connectivity index (χ3v) is 4.62. The lowest BCUT2D eigenvalue weighted by molar-refractivity contribution is 0.412. The van der Waals surface area contributed by atoms with Crippen molar-refractivity contribution < 1.29 is 4.74 Å². The van der Waals surface area contributed by atoms with Gasteiger partial charge in [0.25, 0.3) is 0 Å². The van der Waals surface area contributed by atoms with Crippen LogP contribution in [0.2, 0.25) is 0 Å². The zero-order chi connectivity index (χ0) is 14.7. The molecule has 0 fully saturated rings. The molecule has 0 aliphatic heterocycles. The molecule has 1 heterocycles. The highest BCUT2D eigenvalue weighted by atomic mass is 32.1. The van der Waals surface area contributed by atoms with Gasteiger partial charge in [-0.05, 0) is 57.0 Å². The van der Waals surface area contributed by atoms with E-state index in [2.05, 4.69) is 51.2 Å². The first-order valence-corrected chi connectivity index (χ1v) is 7.80. The fraction of sp³-hybridized carbons (Fsp3) is 0.412. The number of hydrogen-bond acceptors (Lipinski definition) is 3. The predicted octanol–water partition coefficient (Wildman–Crippen LogP) is 4.79. The molecule has 1 aromatic heterocycles. The van der Waals surface area contributed by atoms with Gasteiger partial charge in [-0.3, -0.25) is 0 Å². The van der Waals surface area contributed by atoms with Crippen molar-refractivity contribution in [2.75, 3.05) is 7.11 Å². The van der Waals surface area contributed by atoms with E-state index in [-0.39, 0.29) is 0 Å². The van der Waals surface area contributed by atoms with Crippen LogP contribution in [-0.4, -0.2) is 7.11 Å². The van der Waals surface area contributed by atoms with Crippen LogP contribution in [0.15, 0.2) is 30.3 Å². The zero-order valence-electron chi connectivity index (χ0n) is 12.9. The first-order valence-electron chi connectivity index (χ1n) is 6.98. The lowest BCUT2D eigenvalue weighted by Crippen LogP contribution is -2.22. The van der Waals surface area contributed by atoms with Gasteiger partial charge in [0, 0.05) is 21.8 Å². The van der Waals surface area contributed by atoms with Crippen LogP contribution in [0.4, 0.5) is 0 Å². The molecule has 0 spiro atoms. The van der Waals surface area contributed by atoms with E-state index in [1.54, 1.807) is 7.11 Å². The van der Waals surface area contributed by atoms with Gasteiger partial charge in [-0.25, -0.2) is 0 Å². The van der Waals surface area contributed by atoms with Gasteiger partial charge in [0.05, 0.1) is 7.11 Å². The fourth-order valence-corrected chi connectivity index (χ4v) is 3.57. The van der Waals surface area contributed by atoms with E-state index in [0.717, 1.165) is 5.75 Å². The average Bonchev–Trinajstić information content (AvgIpc) is 2.77. The molecule has 0 saturated heterocycles. The van der Waals surface area contributed by atoms with Gasteiger partial charge in [-0.2, -0.15) is 0 Å². The Balaban J connectivity index is 2.10. The summed E-state index contributed by atoms with van der Waals surface area (Å²) in [4.78, 5) is 2.78. The molecule has 2 aromatic rings. The summed E-state index contributed by atoms with van der Waals surface area (Å²) in [5, 5.41) is 3.67. The highest BCUT2D eigenvalue weighted by Gasteiger charge is 2.15. The quantitative estimate of drug-likeness (QED) is 0.855. The summed E-state index contributed by atoms with van der Waals surface area (Å²) in [5.74, 6) is 0.909. The average molecular weight is 289 g/mol. The van der Waals surface area contributed by atoms with E-state index in [1.807, 2.05) is 23.5 Å². The molecule has 0 saturated carbocycles. The molecule has 20 heavy (non-hydrogen) atoms. The molecule has 0 amide bonds. The van der Waals surface area contributed by atoms with Crippen LogP contribution in [0.1, 0.15) is 46.8 Å². The zero-order valence-corrected chi connectivity index (χ0v) is 13.7. The van der Waals surface area contributed by atoms with Crippen molar-refractivity contribution in [1.82, 2.24) is 5.32 Å². The van der Waals surface area contributed by atoms with Gasteiger partial charge in [-0.1, -0.05) is 12.1 Å². The van der Waals surface area contributed by atoms with Crippen LogP contribution in [0.25, 0.3) is 0 Å². The molecule has 3 heteroatoms. The van der Waals surface area contributed by atoms with Crippen molar-refractivity contribution in [2.45, 2.75) is 39.8 Å². The number of benzene rings is 1. The monoisotopic (exact) mass is 289 g/mol. The summed E-state index contributed by atoms with van der Waals surface area (Å²) in [6.07, 6.45) is 0.